The molecular weight excluding hydrogens is 192 g/mol. The van der Waals surface area contributed by atoms with Crippen LogP contribution in [-0.4, -0.2) is 22.9 Å². The van der Waals surface area contributed by atoms with E-state index >= 15 is 0 Å². The number of aromatic nitrogens is 2. The minimum Gasteiger partial charge on any atom is -0.497 e. The number of hydrogen-bond acceptors (Lipinski definition) is 4. The summed E-state index contributed by atoms with van der Waals surface area (Å²) in [6, 6.07) is 5.36. The fourth-order valence-electron chi connectivity index (χ4n) is 1.29. The second kappa shape index (κ2) is 3.65. The lowest BCUT2D eigenvalue weighted by Gasteiger charge is -2.02. The number of hydrogen-bond donors (Lipinski definition) is 0. The van der Waals surface area contributed by atoms with E-state index in [0.29, 0.717) is 11.2 Å². The molecule has 0 radical (unpaired) electrons. The quantitative estimate of drug-likeness (QED) is 0.697. The predicted octanol–water partition coefficient (Wildman–Crippen LogP) is 1.84. The molecule has 0 atom stereocenters. The summed E-state index contributed by atoms with van der Waals surface area (Å²) < 4.78 is 5.07. The number of Topliss-reactive ketones (excluding diaryl/α,β-unsaturated/α-hetero) is 1. The van der Waals surface area contributed by atoms with Crippen LogP contribution in [0.25, 0.3) is 11.0 Å². The molecule has 0 aliphatic rings. The number of ketones is 1. The van der Waals surface area contributed by atoms with Gasteiger partial charge in [-0.25, -0.2) is 4.98 Å². The van der Waals surface area contributed by atoms with Gasteiger partial charge in [0.25, 0.3) is 0 Å². The van der Waals surface area contributed by atoms with E-state index in [1.807, 2.05) is 0 Å². The van der Waals surface area contributed by atoms with E-state index in [1.165, 1.54) is 13.1 Å². The average Bonchev–Trinajstić information content (AvgIpc) is 2.27. The molecule has 0 aliphatic carbocycles. The first kappa shape index (κ1) is 9.58. The third-order valence-electron chi connectivity index (χ3n) is 2.11. The average molecular weight is 202 g/mol. The van der Waals surface area contributed by atoms with Crippen molar-refractivity contribution in [1.29, 1.82) is 0 Å². The molecule has 0 aliphatic heterocycles. The molecule has 1 heterocycles. The normalized spacial score (nSPS) is 10.3. The zero-order chi connectivity index (χ0) is 10.8. The molecule has 0 saturated heterocycles. The summed E-state index contributed by atoms with van der Waals surface area (Å²) in [7, 11) is 1.60. The molecule has 76 valence electrons. The van der Waals surface area contributed by atoms with Gasteiger partial charge in [-0.1, -0.05) is 0 Å². The van der Waals surface area contributed by atoms with Crippen molar-refractivity contribution in [1.82, 2.24) is 9.97 Å². The van der Waals surface area contributed by atoms with Gasteiger partial charge in [0.1, 0.15) is 11.4 Å². The van der Waals surface area contributed by atoms with Crippen LogP contribution in [0.15, 0.2) is 24.4 Å². The van der Waals surface area contributed by atoms with Crippen molar-refractivity contribution in [2.24, 2.45) is 0 Å². The van der Waals surface area contributed by atoms with E-state index in [2.05, 4.69) is 9.97 Å². The highest BCUT2D eigenvalue weighted by Gasteiger charge is 2.04. The molecule has 4 heteroatoms. The molecule has 15 heavy (non-hydrogen) atoms. The third-order valence-corrected chi connectivity index (χ3v) is 2.11. The van der Waals surface area contributed by atoms with Crippen LogP contribution in [0.4, 0.5) is 0 Å². The third kappa shape index (κ3) is 1.79. The van der Waals surface area contributed by atoms with Gasteiger partial charge in [0.2, 0.25) is 0 Å². The van der Waals surface area contributed by atoms with Gasteiger partial charge in [-0.15, -0.1) is 0 Å². The van der Waals surface area contributed by atoms with Crippen molar-refractivity contribution in [2.45, 2.75) is 6.92 Å². The molecule has 4 nitrogen and oxygen atoms in total. The standard InChI is InChI=1S/C11H10N2O2/c1-7(14)11-6-12-10-5-8(15-2)3-4-9(10)13-11/h3-6H,1-2H3. The smallest absolute Gasteiger partial charge is 0.179 e. The van der Waals surface area contributed by atoms with E-state index in [9.17, 15) is 4.79 Å². The van der Waals surface area contributed by atoms with Crippen LogP contribution in [0.3, 0.4) is 0 Å². The fraction of sp³-hybridized carbons (Fsp3) is 0.182. The van der Waals surface area contributed by atoms with E-state index < -0.39 is 0 Å². The summed E-state index contributed by atoms with van der Waals surface area (Å²) in [5.74, 6) is 0.646. The highest BCUT2D eigenvalue weighted by atomic mass is 16.5. The molecule has 0 amide bonds. The van der Waals surface area contributed by atoms with Crippen molar-refractivity contribution in [2.75, 3.05) is 7.11 Å². The van der Waals surface area contributed by atoms with Gasteiger partial charge in [-0.2, -0.15) is 0 Å². The van der Waals surface area contributed by atoms with Gasteiger partial charge < -0.3 is 4.74 Å². The minimum absolute atomic E-state index is 0.0831. The van der Waals surface area contributed by atoms with E-state index in [0.717, 1.165) is 11.3 Å². The number of ether oxygens (including phenoxy) is 1. The highest BCUT2D eigenvalue weighted by Crippen LogP contribution is 2.17. The molecule has 1 aromatic carbocycles. The van der Waals surface area contributed by atoms with Crippen LogP contribution in [0.5, 0.6) is 5.75 Å². The Morgan fingerprint density at radius 1 is 1.33 bits per heavy atom. The largest absolute Gasteiger partial charge is 0.497 e. The lowest BCUT2D eigenvalue weighted by atomic mass is 10.2. The maximum atomic E-state index is 11.1. The Bertz CT molecular complexity index is 523. The fourth-order valence-corrected chi connectivity index (χ4v) is 1.29. The Kier molecular flexibility index (Phi) is 2.33. The van der Waals surface area contributed by atoms with Gasteiger partial charge in [-0.3, -0.25) is 9.78 Å². The van der Waals surface area contributed by atoms with Crippen molar-refractivity contribution in [3.63, 3.8) is 0 Å². The molecule has 0 unspecified atom stereocenters. The monoisotopic (exact) mass is 202 g/mol. The van der Waals surface area contributed by atoms with Crippen LogP contribution in [0.2, 0.25) is 0 Å². The zero-order valence-electron chi connectivity index (χ0n) is 8.52. The van der Waals surface area contributed by atoms with Crippen molar-refractivity contribution in [3.8, 4) is 5.75 Å². The number of methoxy groups -OCH3 is 1. The zero-order valence-corrected chi connectivity index (χ0v) is 8.52. The maximum absolute atomic E-state index is 11.1. The number of carbonyl (C=O) groups is 1. The van der Waals surface area contributed by atoms with E-state index in [4.69, 9.17) is 4.74 Å². The molecule has 0 N–H and O–H groups in total. The Morgan fingerprint density at radius 2 is 2.13 bits per heavy atom. The van der Waals surface area contributed by atoms with Gasteiger partial charge in [0.15, 0.2) is 5.78 Å². The Morgan fingerprint density at radius 3 is 2.80 bits per heavy atom. The van der Waals surface area contributed by atoms with Crippen LogP contribution >= 0.6 is 0 Å². The predicted molar refractivity (Wildman–Crippen MR) is 56.1 cm³/mol. The molecule has 0 fully saturated rings. The van der Waals surface area contributed by atoms with E-state index in [1.54, 1.807) is 25.3 Å². The van der Waals surface area contributed by atoms with Gasteiger partial charge in [-0.05, 0) is 12.1 Å². The number of benzene rings is 1. The molecular formula is C11H10N2O2. The number of rotatable bonds is 2. The maximum Gasteiger partial charge on any atom is 0.179 e. The van der Waals surface area contributed by atoms with Gasteiger partial charge in [0, 0.05) is 13.0 Å². The van der Waals surface area contributed by atoms with Gasteiger partial charge in [0.05, 0.1) is 24.3 Å². The summed E-state index contributed by atoms with van der Waals surface area (Å²) in [6.07, 6.45) is 1.48. The first-order valence-corrected chi connectivity index (χ1v) is 4.52. The second-order valence-electron chi connectivity index (χ2n) is 3.17. The van der Waals surface area contributed by atoms with Crippen LogP contribution in [0.1, 0.15) is 17.4 Å². The summed E-state index contributed by atoms with van der Waals surface area (Å²) >= 11 is 0. The van der Waals surface area contributed by atoms with Crippen LogP contribution in [-0.2, 0) is 0 Å². The Hall–Kier alpha value is -1.97. The van der Waals surface area contributed by atoms with E-state index in [-0.39, 0.29) is 5.78 Å². The molecule has 0 spiro atoms. The highest BCUT2D eigenvalue weighted by molar-refractivity contribution is 5.93. The number of fused-ring (bicyclic) bond motifs is 1. The Balaban J connectivity index is 2.59. The first-order chi connectivity index (χ1) is 7.20. The van der Waals surface area contributed by atoms with Crippen molar-refractivity contribution >= 4 is 16.8 Å². The number of nitrogens with zero attached hydrogens (tertiary/aromatic N) is 2. The molecule has 2 rings (SSSR count). The molecule has 0 saturated carbocycles. The van der Waals surface area contributed by atoms with Crippen LogP contribution < -0.4 is 4.74 Å². The minimum atomic E-state index is -0.0831. The van der Waals surface area contributed by atoms with Crippen LogP contribution in [0, 0.1) is 0 Å². The summed E-state index contributed by atoms with van der Waals surface area (Å²) in [6.45, 7) is 1.47. The van der Waals surface area contributed by atoms with Crippen molar-refractivity contribution < 1.29 is 9.53 Å². The molecule has 2 aromatic rings. The first-order valence-electron chi connectivity index (χ1n) is 4.52. The SMILES string of the molecule is COc1ccc2nc(C(C)=O)cnc2c1. The van der Waals surface area contributed by atoms with Crippen molar-refractivity contribution in [3.05, 3.63) is 30.1 Å². The summed E-state index contributed by atoms with van der Waals surface area (Å²) in [4.78, 5) is 19.4. The number of carbonyl (C=O) groups excluding carboxylic acids is 1. The summed E-state index contributed by atoms with van der Waals surface area (Å²) in [5.41, 5.74) is 1.80. The van der Waals surface area contributed by atoms with Gasteiger partial charge >= 0.3 is 0 Å². The summed E-state index contributed by atoms with van der Waals surface area (Å²) in [5, 5.41) is 0. The molecule has 1 aromatic heterocycles. The topological polar surface area (TPSA) is 52.1 Å². The second-order valence-corrected chi connectivity index (χ2v) is 3.17. The Labute approximate surface area is 86.9 Å². The molecule has 0 bridgehead atoms. The lowest BCUT2D eigenvalue weighted by molar-refractivity contribution is 0.101. The lowest BCUT2D eigenvalue weighted by Crippen LogP contribution is -1.98.